The number of benzene rings is 1. The molecule has 112 valence electrons. The zero-order valence-electron chi connectivity index (χ0n) is 12.5. The zero-order valence-corrected chi connectivity index (χ0v) is 13.2. The first-order chi connectivity index (χ1) is 10.2. The van der Waals surface area contributed by atoms with E-state index in [4.69, 9.17) is 11.6 Å². The third-order valence-electron chi connectivity index (χ3n) is 4.56. The van der Waals surface area contributed by atoms with Crippen LogP contribution in [-0.2, 0) is 0 Å². The summed E-state index contributed by atoms with van der Waals surface area (Å²) in [6, 6.07) is 7.98. The van der Waals surface area contributed by atoms with Gasteiger partial charge < -0.3 is 5.32 Å². The Bertz CT molecular complexity index is 606. The maximum atomic E-state index is 6.01. The Labute approximate surface area is 131 Å². The molecule has 2 aromatic rings. The average Bonchev–Trinajstić information content (AvgIpc) is 2.49. The van der Waals surface area contributed by atoms with Crippen LogP contribution in [0.1, 0.15) is 39.0 Å². The number of para-hydroxylation sites is 1. The number of hydrogen-bond acceptors (Lipinski definition) is 3. The largest absolute Gasteiger partial charge is 0.369 e. The SMILES string of the molecule is CC1CCC(CCNc2nc(Cl)nc3ccccc23)CC1. The number of aromatic nitrogens is 2. The van der Waals surface area contributed by atoms with Gasteiger partial charge in [0, 0.05) is 11.9 Å². The van der Waals surface area contributed by atoms with E-state index in [0.717, 1.165) is 35.1 Å². The van der Waals surface area contributed by atoms with Crippen molar-refractivity contribution in [3.05, 3.63) is 29.5 Å². The molecule has 0 bridgehead atoms. The highest BCUT2D eigenvalue weighted by Gasteiger charge is 2.17. The molecular formula is C17H22ClN3. The van der Waals surface area contributed by atoms with E-state index >= 15 is 0 Å². The van der Waals surface area contributed by atoms with Crippen molar-refractivity contribution >= 4 is 28.3 Å². The van der Waals surface area contributed by atoms with Gasteiger partial charge in [0.15, 0.2) is 0 Å². The molecule has 3 rings (SSSR count). The van der Waals surface area contributed by atoms with Gasteiger partial charge in [-0.2, -0.15) is 0 Å². The second kappa shape index (κ2) is 6.61. The van der Waals surface area contributed by atoms with Crippen molar-refractivity contribution in [1.29, 1.82) is 0 Å². The van der Waals surface area contributed by atoms with Crippen LogP contribution >= 0.6 is 11.6 Å². The summed E-state index contributed by atoms with van der Waals surface area (Å²) in [5, 5.41) is 4.80. The smallest absolute Gasteiger partial charge is 0.224 e. The molecule has 0 aliphatic heterocycles. The molecule has 3 nitrogen and oxygen atoms in total. The molecule has 1 aromatic heterocycles. The number of rotatable bonds is 4. The number of fused-ring (bicyclic) bond motifs is 1. The fourth-order valence-corrected chi connectivity index (χ4v) is 3.37. The second-order valence-corrected chi connectivity index (χ2v) is 6.54. The molecule has 1 aliphatic carbocycles. The highest BCUT2D eigenvalue weighted by atomic mass is 35.5. The number of hydrogen-bond donors (Lipinski definition) is 1. The van der Waals surface area contributed by atoms with Crippen LogP contribution in [0.3, 0.4) is 0 Å². The minimum absolute atomic E-state index is 0.308. The summed E-state index contributed by atoms with van der Waals surface area (Å²) >= 11 is 6.01. The minimum Gasteiger partial charge on any atom is -0.369 e. The van der Waals surface area contributed by atoms with Crippen molar-refractivity contribution in [2.45, 2.75) is 39.0 Å². The van der Waals surface area contributed by atoms with Gasteiger partial charge in [-0.1, -0.05) is 44.7 Å². The summed E-state index contributed by atoms with van der Waals surface area (Å²) in [5.41, 5.74) is 0.895. The van der Waals surface area contributed by atoms with Gasteiger partial charge in [-0.15, -0.1) is 0 Å². The summed E-state index contributed by atoms with van der Waals surface area (Å²) in [6.45, 7) is 3.32. The third kappa shape index (κ3) is 3.65. The van der Waals surface area contributed by atoms with Crippen LogP contribution in [0.25, 0.3) is 10.9 Å². The lowest BCUT2D eigenvalue weighted by molar-refractivity contribution is 0.282. The van der Waals surface area contributed by atoms with E-state index in [9.17, 15) is 0 Å². The highest BCUT2D eigenvalue weighted by molar-refractivity contribution is 6.28. The summed E-state index contributed by atoms with van der Waals surface area (Å²) in [5.74, 6) is 2.63. The molecule has 4 heteroatoms. The Balaban J connectivity index is 1.63. The van der Waals surface area contributed by atoms with Crippen molar-refractivity contribution in [2.24, 2.45) is 11.8 Å². The fourth-order valence-electron chi connectivity index (χ4n) is 3.20. The zero-order chi connectivity index (χ0) is 14.7. The van der Waals surface area contributed by atoms with Gasteiger partial charge in [0.25, 0.3) is 0 Å². The predicted octanol–water partition coefficient (Wildman–Crippen LogP) is 4.91. The average molecular weight is 304 g/mol. The van der Waals surface area contributed by atoms with Gasteiger partial charge in [-0.25, -0.2) is 9.97 Å². The highest BCUT2D eigenvalue weighted by Crippen LogP contribution is 2.30. The van der Waals surface area contributed by atoms with Gasteiger partial charge in [-0.05, 0) is 42.0 Å². The van der Waals surface area contributed by atoms with Crippen molar-refractivity contribution in [3.8, 4) is 0 Å². The lowest BCUT2D eigenvalue weighted by atomic mass is 9.81. The molecule has 0 radical (unpaired) electrons. The maximum Gasteiger partial charge on any atom is 0.224 e. The van der Waals surface area contributed by atoms with E-state index < -0.39 is 0 Å². The van der Waals surface area contributed by atoms with E-state index in [1.807, 2.05) is 24.3 Å². The monoisotopic (exact) mass is 303 g/mol. The summed E-state index contributed by atoms with van der Waals surface area (Å²) in [4.78, 5) is 8.60. The van der Waals surface area contributed by atoms with E-state index in [1.54, 1.807) is 0 Å². The van der Waals surface area contributed by atoms with E-state index in [1.165, 1.54) is 32.1 Å². The second-order valence-electron chi connectivity index (χ2n) is 6.20. The van der Waals surface area contributed by atoms with Crippen LogP contribution in [-0.4, -0.2) is 16.5 Å². The summed E-state index contributed by atoms with van der Waals surface area (Å²) in [6.07, 6.45) is 6.71. The molecule has 1 aliphatic rings. The van der Waals surface area contributed by atoms with Gasteiger partial charge >= 0.3 is 0 Å². The molecule has 1 aromatic carbocycles. The molecule has 1 N–H and O–H groups in total. The lowest BCUT2D eigenvalue weighted by Gasteiger charge is -2.26. The number of nitrogens with zero attached hydrogens (tertiary/aromatic N) is 2. The standard InChI is InChI=1S/C17H22ClN3/c1-12-6-8-13(9-7-12)10-11-19-16-14-4-2-3-5-15(14)20-17(18)21-16/h2-5,12-13H,6-11H2,1H3,(H,19,20,21). The summed E-state index contributed by atoms with van der Waals surface area (Å²) < 4.78 is 0. The normalized spacial score (nSPS) is 22.4. The minimum atomic E-state index is 0.308. The van der Waals surface area contributed by atoms with Crippen LogP contribution in [0.4, 0.5) is 5.82 Å². The molecule has 1 saturated carbocycles. The molecule has 0 spiro atoms. The molecule has 0 unspecified atom stereocenters. The fraction of sp³-hybridized carbons (Fsp3) is 0.529. The van der Waals surface area contributed by atoms with Gasteiger partial charge in [0.05, 0.1) is 5.52 Å². The van der Waals surface area contributed by atoms with Crippen molar-refractivity contribution in [2.75, 3.05) is 11.9 Å². The van der Waals surface area contributed by atoms with Crippen molar-refractivity contribution < 1.29 is 0 Å². The molecular weight excluding hydrogens is 282 g/mol. The van der Waals surface area contributed by atoms with Crippen molar-refractivity contribution in [1.82, 2.24) is 9.97 Å². The van der Waals surface area contributed by atoms with Crippen molar-refractivity contribution in [3.63, 3.8) is 0 Å². The molecule has 21 heavy (non-hydrogen) atoms. The van der Waals surface area contributed by atoms with Crippen LogP contribution in [0.2, 0.25) is 5.28 Å². The molecule has 1 fully saturated rings. The van der Waals surface area contributed by atoms with Gasteiger partial charge in [0.2, 0.25) is 5.28 Å². The van der Waals surface area contributed by atoms with Crippen LogP contribution in [0, 0.1) is 11.8 Å². The first kappa shape index (κ1) is 14.6. The lowest BCUT2D eigenvalue weighted by Crippen LogP contribution is -2.16. The quantitative estimate of drug-likeness (QED) is 0.815. The first-order valence-corrected chi connectivity index (χ1v) is 8.26. The van der Waals surface area contributed by atoms with Gasteiger partial charge in [0.1, 0.15) is 5.82 Å². The molecule has 0 amide bonds. The predicted molar refractivity (Wildman–Crippen MR) is 88.8 cm³/mol. The Morgan fingerprint density at radius 3 is 2.71 bits per heavy atom. The Kier molecular flexibility index (Phi) is 4.59. The van der Waals surface area contributed by atoms with E-state index in [2.05, 4.69) is 22.2 Å². The number of nitrogens with one attached hydrogen (secondary N) is 1. The van der Waals surface area contributed by atoms with E-state index in [0.29, 0.717) is 5.28 Å². The van der Waals surface area contributed by atoms with Crippen LogP contribution in [0.5, 0.6) is 0 Å². The maximum absolute atomic E-state index is 6.01. The number of anilines is 1. The Hall–Kier alpha value is -1.35. The Morgan fingerprint density at radius 2 is 1.90 bits per heavy atom. The Morgan fingerprint density at radius 1 is 1.14 bits per heavy atom. The molecule has 1 heterocycles. The summed E-state index contributed by atoms with van der Waals surface area (Å²) in [7, 11) is 0. The van der Waals surface area contributed by atoms with E-state index in [-0.39, 0.29) is 0 Å². The van der Waals surface area contributed by atoms with Crippen LogP contribution < -0.4 is 5.32 Å². The van der Waals surface area contributed by atoms with Crippen LogP contribution in [0.15, 0.2) is 24.3 Å². The number of halogens is 1. The van der Waals surface area contributed by atoms with Gasteiger partial charge in [-0.3, -0.25) is 0 Å². The first-order valence-electron chi connectivity index (χ1n) is 7.88. The molecule has 0 saturated heterocycles. The topological polar surface area (TPSA) is 37.8 Å². The third-order valence-corrected chi connectivity index (χ3v) is 4.73. The molecule has 0 atom stereocenters.